The van der Waals surface area contributed by atoms with E-state index < -0.39 is 0 Å². The summed E-state index contributed by atoms with van der Waals surface area (Å²) in [5.74, 6) is 0.430. The van der Waals surface area contributed by atoms with Crippen LogP contribution in [0.1, 0.15) is 26.7 Å². The van der Waals surface area contributed by atoms with Gasteiger partial charge in [0, 0.05) is 19.8 Å². The quantitative estimate of drug-likeness (QED) is 0.560. The average molecular weight is 189 g/mol. The molecular formula is C10H23NO2. The van der Waals surface area contributed by atoms with E-state index in [1.807, 2.05) is 0 Å². The van der Waals surface area contributed by atoms with E-state index in [0.717, 1.165) is 26.0 Å². The lowest BCUT2D eigenvalue weighted by molar-refractivity contribution is 0.171. The van der Waals surface area contributed by atoms with Crippen LogP contribution in [0, 0.1) is 5.92 Å². The van der Waals surface area contributed by atoms with E-state index in [-0.39, 0.29) is 0 Å². The summed E-state index contributed by atoms with van der Waals surface area (Å²) in [7, 11) is 1.71. The van der Waals surface area contributed by atoms with Crippen LogP contribution >= 0.6 is 0 Å². The molecule has 0 spiro atoms. The van der Waals surface area contributed by atoms with Crippen LogP contribution in [0.5, 0.6) is 0 Å². The second kappa shape index (κ2) is 8.48. The van der Waals surface area contributed by atoms with Crippen molar-refractivity contribution in [3.05, 3.63) is 0 Å². The Morgan fingerprint density at radius 2 is 2.08 bits per heavy atom. The van der Waals surface area contributed by atoms with Crippen LogP contribution in [0.2, 0.25) is 0 Å². The predicted molar refractivity (Wildman–Crippen MR) is 54.8 cm³/mol. The largest absolute Gasteiger partial charge is 0.396 e. The van der Waals surface area contributed by atoms with Gasteiger partial charge in [-0.1, -0.05) is 6.92 Å². The van der Waals surface area contributed by atoms with E-state index in [4.69, 9.17) is 9.84 Å². The molecule has 0 saturated heterocycles. The molecule has 0 aliphatic carbocycles. The Morgan fingerprint density at radius 3 is 2.62 bits per heavy atom. The topological polar surface area (TPSA) is 41.5 Å². The second-order valence-corrected chi connectivity index (χ2v) is 3.74. The zero-order valence-corrected chi connectivity index (χ0v) is 9.05. The SMILES string of the molecule is COCC(C)NCCCC(C)CO. The molecule has 13 heavy (non-hydrogen) atoms. The first kappa shape index (κ1) is 12.9. The maximum absolute atomic E-state index is 8.79. The Labute approximate surface area is 81.5 Å². The number of methoxy groups -OCH3 is 1. The van der Waals surface area contributed by atoms with Crippen LogP contribution in [0.4, 0.5) is 0 Å². The fourth-order valence-electron chi connectivity index (χ4n) is 1.20. The summed E-state index contributed by atoms with van der Waals surface area (Å²) in [4.78, 5) is 0. The molecular weight excluding hydrogens is 166 g/mol. The maximum Gasteiger partial charge on any atom is 0.0613 e. The first-order valence-corrected chi connectivity index (χ1v) is 5.03. The summed E-state index contributed by atoms with van der Waals surface area (Å²) in [5, 5.41) is 12.1. The van der Waals surface area contributed by atoms with E-state index in [0.29, 0.717) is 18.6 Å². The normalized spacial score (nSPS) is 15.7. The van der Waals surface area contributed by atoms with Gasteiger partial charge in [0.1, 0.15) is 0 Å². The van der Waals surface area contributed by atoms with Crippen LogP contribution in [0.3, 0.4) is 0 Å². The molecule has 3 nitrogen and oxygen atoms in total. The van der Waals surface area contributed by atoms with Crippen LogP contribution in [-0.2, 0) is 4.74 Å². The molecule has 0 saturated carbocycles. The lowest BCUT2D eigenvalue weighted by atomic mass is 10.1. The number of hydrogen-bond donors (Lipinski definition) is 2. The van der Waals surface area contributed by atoms with Crippen molar-refractivity contribution in [1.82, 2.24) is 5.32 Å². The van der Waals surface area contributed by atoms with Gasteiger partial charge in [0.2, 0.25) is 0 Å². The molecule has 2 N–H and O–H groups in total. The number of rotatable bonds is 8. The maximum atomic E-state index is 8.79. The highest BCUT2D eigenvalue weighted by Crippen LogP contribution is 2.02. The zero-order valence-electron chi connectivity index (χ0n) is 9.05. The second-order valence-electron chi connectivity index (χ2n) is 3.74. The van der Waals surface area contributed by atoms with Gasteiger partial charge in [-0.25, -0.2) is 0 Å². The van der Waals surface area contributed by atoms with Crippen molar-refractivity contribution in [3.8, 4) is 0 Å². The Balaban J connectivity index is 3.15. The smallest absolute Gasteiger partial charge is 0.0613 e. The van der Waals surface area contributed by atoms with Crippen LogP contribution in [-0.4, -0.2) is 38.0 Å². The number of aliphatic hydroxyl groups is 1. The highest BCUT2D eigenvalue weighted by Gasteiger charge is 2.01. The first-order valence-electron chi connectivity index (χ1n) is 5.03. The molecule has 0 radical (unpaired) electrons. The lowest BCUT2D eigenvalue weighted by Gasteiger charge is -2.13. The fraction of sp³-hybridized carbons (Fsp3) is 1.00. The minimum absolute atomic E-state index is 0.299. The van der Waals surface area contributed by atoms with Crippen molar-refractivity contribution in [2.45, 2.75) is 32.7 Å². The van der Waals surface area contributed by atoms with Crippen molar-refractivity contribution in [2.75, 3.05) is 26.9 Å². The summed E-state index contributed by atoms with van der Waals surface area (Å²) >= 11 is 0. The molecule has 0 aromatic heterocycles. The van der Waals surface area contributed by atoms with Crippen LogP contribution in [0.15, 0.2) is 0 Å². The van der Waals surface area contributed by atoms with Gasteiger partial charge in [0.15, 0.2) is 0 Å². The average Bonchev–Trinajstić information content (AvgIpc) is 2.12. The van der Waals surface area contributed by atoms with Crippen molar-refractivity contribution >= 4 is 0 Å². The van der Waals surface area contributed by atoms with E-state index in [1.165, 1.54) is 0 Å². The minimum atomic E-state index is 0.299. The summed E-state index contributed by atoms with van der Waals surface area (Å²) in [6.07, 6.45) is 2.21. The Morgan fingerprint density at radius 1 is 1.38 bits per heavy atom. The van der Waals surface area contributed by atoms with Crippen LogP contribution < -0.4 is 5.32 Å². The molecule has 0 aliphatic heterocycles. The number of ether oxygens (including phenoxy) is 1. The molecule has 0 bridgehead atoms. The molecule has 0 aromatic rings. The summed E-state index contributed by atoms with van der Waals surface area (Å²) in [5.41, 5.74) is 0. The van der Waals surface area contributed by atoms with Gasteiger partial charge in [-0.15, -0.1) is 0 Å². The van der Waals surface area contributed by atoms with Crippen molar-refractivity contribution in [2.24, 2.45) is 5.92 Å². The summed E-state index contributed by atoms with van der Waals surface area (Å²) in [6.45, 7) is 6.25. The molecule has 3 heteroatoms. The van der Waals surface area contributed by atoms with Gasteiger partial charge in [0.25, 0.3) is 0 Å². The third kappa shape index (κ3) is 8.22. The van der Waals surface area contributed by atoms with Crippen molar-refractivity contribution < 1.29 is 9.84 Å². The molecule has 2 atom stereocenters. The Bertz CT molecular complexity index is 109. The fourth-order valence-corrected chi connectivity index (χ4v) is 1.20. The minimum Gasteiger partial charge on any atom is -0.396 e. The Kier molecular flexibility index (Phi) is 8.40. The summed E-state index contributed by atoms with van der Waals surface area (Å²) < 4.78 is 5.00. The monoisotopic (exact) mass is 189 g/mol. The van der Waals surface area contributed by atoms with E-state index in [1.54, 1.807) is 7.11 Å². The molecule has 0 aromatic carbocycles. The molecule has 0 aliphatic rings. The van der Waals surface area contributed by atoms with Gasteiger partial charge < -0.3 is 15.2 Å². The first-order chi connectivity index (χ1) is 6.20. The highest BCUT2D eigenvalue weighted by molar-refractivity contribution is 4.59. The van der Waals surface area contributed by atoms with E-state index in [2.05, 4.69) is 19.2 Å². The number of nitrogens with one attached hydrogen (secondary N) is 1. The summed E-state index contributed by atoms with van der Waals surface area (Å²) in [6, 6.07) is 0.425. The highest BCUT2D eigenvalue weighted by atomic mass is 16.5. The molecule has 0 fully saturated rings. The Hall–Kier alpha value is -0.120. The lowest BCUT2D eigenvalue weighted by Crippen LogP contribution is -2.31. The standard InChI is InChI=1S/C10H23NO2/c1-9(7-12)5-4-6-11-10(2)8-13-3/h9-12H,4-8H2,1-3H3. The molecule has 80 valence electrons. The number of hydrogen-bond acceptors (Lipinski definition) is 3. The van der Waals surface area contributed by atoms with Crippen LogP contribution in [0.25, 0.3) is 0 Å². The predicted octanol–water partition coefficient (Wildman–Crippen LogP) is 1.02. The van der Waals surface area contributed by atoms with Gasteiger partial charge in [-0.2, -0.15) is 0 Å². The third-order valence-corrected chi connectivity index (χ3v) is 2.09. The molecule has 0 rings (SSSR count). The molecule has 0 amide bonds. The van der Waals surface area contributed by atoms with Crippen molar-refractivity contribution in [3.63, 3.8) is 0 Å². The van der Waals surface area contributed by atoms with Gasteiger partial charge >= 0.3 is 0 Å². The van der Waals surface area contributed by atoms with E-state index >= 15 is 0 Å². The van der Waals surface area contributed by atoms with Gasteiger partial charge in [0.05, 0.1) is 6.61 Å². The molecule has 0 heterocycles. The number of aliphatic hydroxyl groups excluding tert-OH is 1. The van der Waals surface area contributed by atoms with Crippen molar-refractivity contribution in [1.29, 1.82) is 0 Å². The van der Waals surface area contributed by atoms with E-state index in [9.17, 15) is 0 Å². The molecule has 2 unspecified atom stereocenters. The van der Waals surface area contributed by atoms with Gasteiger partial charge in [-0.3, -0.25) is 0 Å². The third-order valence-electron chi connectivity index (χ3n) is 2.09. The zero-order chi connectivity index (χ0) is 10.1. The van der Waals surface area contributed by atoms with Gasteiger partial charge in [-0.05, 0) is 32.2 Å².